The molecule has 62 valence electrons. The largest absolute Gasteiger partial charge is 0.319 e. The van der Waals surface area contributed by atoms with Crippen molar-refractivity contribution in [2.75, 3.05) is 13.6 Å². The Labute approximate surface area is 65.2 Å². The molecule has 0 saturated heterocycles. The average molecular weight is 143 g/mol. The predicted molar refractivity (Wildman–Crippen MR) is 47.2 cm³/mol. The molecule has 1 aliphatic rings. The van der Waals surface area contributed by atoms with Crippen molar-refractivity contribution in [3.8, 4) is 0 Å². The van der Waals surface area contributed by atoms with E-state index in [1.165, 1.54) is 19.4 Å². The maximum atomic E-state index is 3.16. The summed E-state index contributed by atoms with van der Waals surface area (Å²) >= 11 is 0. The molecule has 0 spiro atoms. The van der Waals surface area contributed by atoms with Crippen molar-refractivity contribution < 1.29 is 0 Å². The van der Waals surface area contributed by atoms with Crippen molar-refractivity contribution in [3.05, 3.63) is 0 Å². The minimum Gasteiger partial charge on any atom is -0.319 e. The summed E-state index contributed by atoms with van der Waals surface area (Å²) < 4.78 is 0. The Morgan fingerprint density at radius 1 is 1.40 bits per heavy atom. The first-order valence-electron chi connectivity index (χ1n) is 4.40. The molecule has 1 rings (SSSR count). The fourth-order valence-corrected chi connectivity index (χ4v) is 0.946. The lowest BCUT2D eigenvalue weighted by atomic mass is 10.3. The van der Waals surface area contributed by atoms with Gasteiger partial charge in [-0.2, -0.15) is 0 Å². The Hall–Kier alpha value is -0.0400. The van der Waals surface area contributed by atoms with E-state index in [0.717, 1.165) is 11.8 Å². The van der Waals surface area contributed by atoms with Gasteiger partial charge >= 0.3 is 0 Å². The second kappa shape index (κ2) is 5.72. The minimum atomic E-state index is 1.00. The summed E-state index contributed by atoms with van der Waals surface area (Å²) in [5.41, 5.74) is 0. The molecule has 0 aromatic heterocycles. The van der Waals surface area contributed by atoms with Gasteiger partial charge < -0.3 is 5.32 Å². The molecular weight excluding hydrogens is 122 g/mol. The molecule has 0 heterocycles. The lowest BCUT2D eigenvalue weighted by molar-refractivity contribution is 0.672. The summed E-state index contributed by atoms with van der Waals surface area (Å²) in [6.07, 6.45) is 2.70. The Morgan fingerprint density at radius 3 is 1.90 bits per heavy atom. The predicted octanol–water partition coefficient (Wildman–Crippen LogP) is 2.28. The average Bonchev–Trinajstić information content (AvgIpc) is 2.50. The van der Waals surface area contributed by atoms with Gasteiger partial charge in [-0.1, -0.05) is 27.2 Å². The fraction of sp³-hybridized carbons (Fsp3) is 1.00. The van der Waals surface area contributed by atoms with E-state index in [9.17, 15) is 0 Å². The molecule has 2 atom stereocenters. The van der Waals surface area contributed by atoms with Crippen LogP contribution in [-0.2, 0) is 0 Å². The van der Waals surface area contributed by atoms with Crippen molar-refractivity contribution >= 4 is 0 Å². The molecule has 0 aromatic rings. The van der Waals surface area contributed by atoms with Crippen LogP contribution < -0.4 is 5.32 Å². The lowest BCUT2D eigenvalue weighted by Gasteiger charge is -1.90. The van der Waals surface area contributed by atoms with Crippen LogP contribution in [0.1, 0.15) is 33.6 Å². The summed E-state index contributed by atoms with van der Waals surface area (Å²) in [6.45, 7) is 7.78. The van der Waals surface area contributed by atoms with E-state index in [2.05, 4.69) is 26.1 Å². The van der Waals surface area contributed by atoms with Gasteiger partial charge in [-0.3, -0.25) is 0 Å². The highest BCUT2D eigenvalue weighted by Crippen LogP contribution is 2.36. The normalized spacial score (nSPS) is 28.8. The van der Waals surface area contributed by atoms with Gasteiger partial charge in [0.25, 0.3) is 0 Å². The van der Waals surface area contributed by atoms with Crippen LogP contribution in [0.15, 0.2) is 0 Å². The summed E-state index contributed by atoms with van der Waals surface area (Å²) in [6, 6.07) is 0. The molecule has 0 radical (unpaired) electrons. The van der Waals surface area contributed by atoms with Crippen LogP contribution >= 0.6 is 0 Å². The van der Waals surface area contributed by atoms with Gasteiger partial charge in [0.2, 0.25) is 0 Å². The first-order valence-corrected chi connectivity index (χ1v) is 4.40. The van der Waals surface area contributed by atoms with Crippen LogP contribution in [0, 0.1) is 11.8 Å². The number of nitrogens with one attached hydrogen (secondary N) is 1. The van der Waals surface area contributed by atoms with Gasteiger partial charge in [-0.25, -0.2) is 0 Å². The van der Waals surface area contributed by atoms with Crippen LogP contribution in [0.3, 0.4) is 0 Å². The number of hydrogen-bond acceptors (Lipinski definition) is 1. The molecule has 0 amide bonds. The second-order valence-corrected chi connectivity index (χ2v) is 3.24. The van der Waals surface area contributed by atoms with E-state index in [1.807, 2.05) is 7.05 Å². The molecule has 1 fully saturated rings. The molecule has 2 unspecified atom stereocenters. The van der Waals surface area contributed by atoms with E-state index < -0.39 is 0 Å². The molecule has 0 aliphatic heterocycles. The topological polar surface area (TPSA) is 12.0 Å². The van der Waals surface area contributed by atoms with Crippen molar-refractivity contribution in [1.29, 1.82) is 0 Å². The van der Waals surface area contributed by atoms with E-state index in [-0.39, 0.29) is 0 Å². The van der Waals surface area contributed by atoms with Crippen molar-refractivity contribution in [3.63, 3.8) is 0 Å². The standard InChI is InChI=1S/C6H13N.C3H8/c1-5-3-6(5)4-7-2;1-3-2/h5-7H,3-4H2,1-2H3;3H2,1-2H3. The van der Waals surface area contributed by atoms with E-state index in [4.69, 9.17) is 0 Å². The third-order valence-corrected chi connectivity index (χ3v) is 1.74. The van der Waals surface area contributed by atoms with Crippen LogP contribution in [0.2, 0.25) is 0 Å². The van der Waals surface area contributed by atoms with Crippen molar-refractivity contribution in [1.82, 2.24) is 5.32 Å². The van der Waals surface area contributed by atoms with Gasteiger partial charge in [0.15, 0.2) is 0 Å². The lowest BCUT2D eigenvalue weighted by Crippen LogP contribution is -2.09. The Kier molecular flexibility index (Phi) is 5.70. The minimum absolute atomic E-state index is 1.00. The quantitative estimate of drug-likeness (QED) is 0.625. The maximum Gasteiger partial charge on any atom is -0.00209 e. The Bertz CT molecular complexity index is 71.1. The van der Waals surface area contributed by atoms with Crippen molar-refractivity contribution in [2.24, 2.45) is 11.8 Å². The molecular formula is C9H21N. The molecule has 0 aromatic carbocycles. The van der Waals surface area contributed by atoms with Gasteiger partial charge in [-0.15, -0.1) is 0 Å². The molecule has 1 N–H and O–H groups in total. The molecule has 0 bridgehead atoms. The monoisotopic (exact) mass is 143 g/mol. The van der Waals surface area contributed by atoms with Crippen LogP contribution in [0.5, 0.6) is 0 Å². The molecule has 1 nitrogen and oxygen atoms in total. The summed E-state index contributed by atoms with van der Waals surface area (Å²) in [5.74, 6) is 2.01. The smallest absolute Gasteiger partial charge is 0.00209 e. The highest BCUT2D eigenvalue weighted by atomic mass is 14.8. The molecule has 1 heteroatoms. The number of hydrogen-bond donors (Lipinski definition) is 1. The summed E-state index contributed by atoms with van der Waals surface area (Å²) in [5, 5.41) is 3.16. The van der Waals surface area contributed by atoms with Crippen LogP contribution in [0.25, 0.3) is 0 Å². The van der Waals surface area contributed by atoms with Crippen LogP contribution in [0.4, 0.5) is 0 Å². The van der Waals surface area contributed by atoms with Gasteiger partial charge in [0, 0.05) is 0 Å². The third kappa shape index (κ3) is 4.80. The second-order valence-electron chi connectivity index (χ2n) is 3.24. The first-order chi connectivity index (χ1) is 4.76. The molecule has 10 heavy (non-hydrogen) atoms. The summed E-state index contributed by atoms with van der Waals surface area (Å²) in [7, 11) is 2.02. The number of rotatable bonds is 2. The summed E-state index contributed by atoms with van der Waals surface area (Å²) in [4.78, 5) is 0. The van der Waals surface area contributed by atoms with Gasteiger partial charge in [-0.05, 0) is 31.8 Å². The zero-order valence-electron chi connectivity index (χ0n) is 7.78. The van der Waals surface area contributed by atoms with Gasteiger partial charge in [0.05, 0.1) is 0 Å². The third-order valence-electron chi connectivity index (χ3n) is 1.74. The van der Waals surface area contributed by atoms with E-state index >= 15 is 0 Å². The van der Waals surface area contributed by atoms with Gasteiger partial charge in [0.1, 0.15) is 0 Å². The van der Waals surface area contributed by atoms with Crippen LogP contribution in [-0.4, -0.2) is 13.6 Å². The molecule has 1 saturated carbocycles. The highest BCUT2D eigenvalue weighted by Gasteiger charge is 2.30. The Balaban J connectivity index is 0.000000236. The molecule has 1 aliphatic carbocycles. The van der Waals surface area contributed by atoms with E-state index in [0.29, 0.717) is 0 Å². The highest BCUT2D eigenvalue weighted by molar-refractivity contribution is 4.83. The Morgan fingerprint density at radius 2 is 1.80 bits per heavy atom. The maximum absolute atomic E-state index is 3.16. The fourth-order valence-electron chi connectivity index (χ4n) is 0.946. The van der Waals surface area contributed by atoms with E-state index in [1.54, 1.807) is 0 Å². The first kappa shape index (κ1) is 9.96. The van der Waals surface area contributed by atoms with Crippen molar-refractivity contribution in [2.45, 2.75) is 33.6 Å². The zero-order valence-corrected chi connectivity index (χ0v) is 7.78. The zero-order chi connectivity index (χ0) is 7.98. The SMILES string of the molecule is CCC.CNCC1CC1C.